The van der Waals surface area contributed by atoms with Crippen LogP contribution in [0.4, 0.5) is 11.5 Å². The van der Waals surface area contributed by atoms with Crippen LogP contribution in [0.1, 0.15) is 16.1 Å². The molecule has 0 radical (unpaired) electrons. The molecule has 0 aliphatic heterocycles. The lowest BCUT2D eigenvalue weighted by Gasteiger charge is -2.11. The molecule has 12 nitrogen and oxygen atoms in total. The van der Waals surface area contributed by atoms with E-state index in [2.05, 4.69) is 35.8 Å². The quantitative estimate of drug-likeness (QED) is 0.319. The first-order valence-corrected chi connectivity index (χ1v) is 9.77. The Hall–Kier alpha value is -4.74. The molecule has 12 heteroatoms. The molecule has 0 bridgehead atoms. The van der Waals surface area contributed by atoms with Crippen LogP contribution in [0.3, 0.4) is 0 Å². The number of nitrogens with two attached hydrogens (primary N) is 1. The minimum Gasteiger partial charge on any atom is -0.497 e. The molecular formula is C21H21N9O3. The van der Waals surface area contributed by atoms with E-state index >= 15 is 0 Å². The number of amides is 1. The maximum Gasteiger partial charge on any atom is 0.294 e. The molecule has 3 N–H and O–H groups in total. The number of anilines is 2. The van der Waals surface area contributed by atoms with Crippen molar-refractivity contribution in [2.24, 2.45) is 5.10 Å². The van der Waals surface area contributed by atoms with Crippen LogP contribution in [0.2, 0.25) is 0 Å². The first-order chi connectivity index (χ1) is 16.0. The van der Waals surface area contributed by atoms with Crippen LogP contribution < -0.4 is 20.8 Å². The van der Waals surface area contributed by atoms with Gasteiger partial charge in [-0.1, -0.05) is 29.5 Å². The highest BCUT2D eigenvalue weighted by atomic mass is 16.6. The van der Waals surface area contributed by atoms with Crippen LogP contribution in [-0.2, 0) is 0 Å². The summed E-state index contributed by atoms with van der Waals surface area (Å²) in [5.41, 5.74) is 11.1. The zero-order chi connectivity index (χ0) is 23.4. The maximum atomic E-state index is 12.9. The van der Waals surface area contributed by atoms with Gasteiger partial charge in [0.05, 0.1) is 13.3 Å². The van der Waals surface area contributed by atoms with E-state index in [0.717, 1.165) is 11.3 Å². The molecule has 33 heavy (non-hydrogen) atoms. The van der Waals surface area contributed by atoms with Crippen molar-refractivity contribution >= 4 is 23.6 Å². The van der Waals surface area contributed by atoms with Gasteiger partial charge < -0.3 is 15.4 Å². The number of nitrogens with zero attached hydrogens (tertiary/aromatic N) is 7. The summed E-state index contributed by atoms with van der Waals surface area (Å²) >= 11 is 0. The largest absolute Gasteiger partial charge is 0.497 e. The number of nitrogen functional groups attached to an aromatic ring is 1. The lowest BCUT2D eigenvalue weighted by atomic mass is 10.1. The van der Waals surface area contributed by atoms with Crippen LogP contribution in [0.25, 0.3) is 17.1 Å². The molecule has 4 rings (SSSR count). The fourth-order valence-corrected chi connectivity index (χ4v) is 3.03. The van der Waals surface area contributed by atoms with Crippen molar-refractivity contribution in [2.45, 2.75) is 0 Å². The molecule has 2 aromatic carbocycles. The van der Waals surface area contributed by atoms with Gasteiger partial charge in [0, 0.05) is 25.3 Å². The fraction of sp³-hybridized carbons (Fsp3) is 0.143. The minimum atomic E-state index is -0.574. The molecule has 2 heterocycles. The van der Waals surface area contributed by atoms with E-state index in [9.17, 15) is 4.79 Å². The van der Waals surface area contributed by atoms with Crippen LogP contribution >= 0.6 is 0 Å². The molecule has 0 saturated heterocycles. The summed E-state index contributed by atoms with van der Waals surface area (Å²) in [6, 6.07) is 14.7. The fourth-order valence-electron chi connectivity index (χ4n) is 3.03. The zero-order valence-electron chi connectivity index (χ0n) is 18.1. The molecule has 0 saturated carbocycles. The topological polar surface area (TPSA) is 150 Å². The minimum absolute atomic E-state index is 0.00445. The Morgan fingerprint density at radius 1 is 1.21 bits per heavy atom. The SMILES string of the molecule is COc1cccc(-c2c(C(=O)NN=Cc3ccc(N(C)C)cc3)nnn2-c2nonc2N)c1. The Morgan fingerprint density at radius 2 is 2.00 bits per heavy atom. The van der Waals surface area contributed by atoms with Gasteiger partial charge >= 0.3 is 0 Å². The standard InChI is InChI=1S/C21H21N9O3/c1-29(2)15-9-7-13(8-10-15)12-23-25-21(31)17-18(14-5-4-6-16(11-14)32-3)30(28-24-17)20-19(22)26-33-27-20/h4-12H,1-3H3,(H2,22,26)(H,25,31). The normalized spacial score (nSPS) is 11.0. The molecule has 4 aromatic rings. The number of methoxy groups -OCH3 is 1. The number of nitrogens with one attached hydrogen (secondary N) is 1. The van der Waals surface area contributed by atoms with Gasteiger partial charge in [-0.15, -0.1) is 5.10 Å². The summed E-state index contributed by atoms with van der Waals surface area (Å²) in [6.07, 6.45) is 1.53. The second-order valence-corrected chi connectivity index (χ2v) is 7.09. The van der Waals surface area contributed by atoms with Crippen LogP contribution in [0.5, 0.6) is 5.75 Å². The van der Waals surface area contributed by atoms with Crippen molar-refractivity contribution in [2.75, 3.05) is 31.8 Å². The molecule has 0 fully saturated rings. The highest BCUT2D eigenvalue weighted by Gasteiger charge is 2.25. The Labute approximate surface area is 188 Å². The lowest BCUT2D eigenvalue weighted by molar-refractivity contribution is 0.0950. The summed E-state index contributed by atoms with van der Waals surface area (Å²) in [4.78, 5) is 14.9. The summed E-state index contributed by atoms with van der Waals surface area (Å²) in [6.45, 7) is 0. The number of hydrazone groups is 1. The van der Waals surface area contributed by atoms with Gasteiger partial charge in [-0.25, -0.2) is 10.1 Å². The van der Waals surface area contributed by atoms with Crippen molar-refractivity contribution in [3.63, 3.8) is 0 Å². The molecular weight excluding hydrogens is 426 g/mol. The van der Waals surface area contributed by atoms with Crippen LogP contribution in [-0.4, -0.2) is 58.6 Å². The molecule has 0 aliphatic carbocycles. The van der Waals surface area contributed by atoms with E-state index in [0.29, 0.717) is 17.0 Å². The smallest absolute Gasteiger partial charge is 0.294 e. The van der Waals surface area contributed by atoms with Crippen molar-refractivity contribution in [1.29, 1.82) is 0 Å². The average molecular weight is 447 g/mol. The number of hydrogen-bond donors (Lipinski definition) is 2. The van der Waals surface area contributed by atoms with Crippen molar-refractivity contribution in [3.05, 3.63) is 59.8 Å². The van der Waals surface area contributed by atoms with E-state index in [1.165, 1.54) is 10.9 Å². The van der Waals surface area contributed by atoms with E-state index in [1.54, 1.807) is 31.4 Å². The second-order valence-electron chi connectivity index (χ2n) is 7.09. The Morgan fingerprint density at radius 3 is 2.67 bits per heavy atom. The number of aromatic nitrogens is 5. The number of rotatable bonds is 7. The van der Waals surface area contributed by atoms with E-state index in [1.807, 2.05) is 43.3 Å². The third-order valence-corrected chi connectivity index (χ3v) is 4.71. The van der Waals surface area contributed by atoms with Gasteiger partial charge in [0.15, 0.2) is 5.69 Å². The molecule has 0 aliphatic rings. The summed E-state index contributed by atoms with van der Waals surface area (Å²) < 4.78 is 11.3. The number of hydrogen-bond acceptors (Lipinski definition) is 10. The number of benzene rings is 2. The molecule has 168 valence electrons. The van der Waals surface area contributed by atoms with Gasteiger partial charge in [-0.2, -0.15) is 9.78 Å². The van der Waals surface area contributed by atoms with Crippen molar-refractivity contribution < 1.29 is 14.2 Å². The summed E-state index contributed by atoms with van der Waals surface area (Å²) in [5.74, 6) is 0.103. The number of carbonyl (C=O) groups is 1. The third kappa shape index (κ3) is 4.49. The molecule has 0 spiro atoms. The monoisotopic (exact) mass is 447 g/mol. The van der Waals surface area contributed by atoms with Gasteiger partial charge in [-0.05, 0) is 40.1 Å². The molecule has 1 amide bonds. The predicted molar refractivity (Wildman–Crippen MR) is 121 cm³/mol. The van der Waals surface area contributed by atoms with Gasteiger partial charge in [0.25, 0.3) is 5.91 Å². The van der Waals surface area contributed by atoms with E-state index < -0.39 is 5.91 Å². The van der Waals surface area contributed by atoms with Gasteiger partial charge in [0.2, 0.25) is 11.6 Å². The maximum absolute atomic E-state index is 12.9. The first-order valence-electron chi connectivity index (χ1n) is 9.77. The van der Waals surface area contributed by atoms with E-state index in [4.69, 9.17) is 10.5 Å². The first kappa shape index (κ1) is 21.5. The van der Waals surface area contributed by atoms with Crippen LogP contribution in [0, 0.1) is 0 Å². The zero-order valence-corrected chi connectivity index (χ0v) is 18.1. The predicted octanol–water partition coefficient (Wildman–Crippen LogP) is 1.74. The average Bonchev–Trinajstić information content (AvgIpc) is 3.45. The Balaban J connectivity index is 1.64. The summed E-state index contributed by atoms with van der Waals surface area (Å²) in [7, 11) is 5.46. The molecule has 2 aromatic heterocycles. The highest BCUT2D eigenvalue weighted by molar-refractivity contribution is 5.99. The van der Waals surface area contributed by atoms with Crippen LogP contribution in [0.15, 0.2) is 58.3 Å². The Kier molecular flexibility index (Phi) is 5.98. The van der Waals surface area contributed by atoms with Crippen molar-refractivity contribution in [3.8, 4) is 22.8 Å². The Bertz CT molecular complexity index is 1290. The second kappa shape index (κ2) is 9.18. The third-order valence-electron chi connectivity index (χ3n) is 4.71. The summed E-state index contributed by atoms with van der Waals surface area (Å²) in [5, 5.41) is 19.4. The van der Waals surface area contributed by atoms with Gasteiger partial charge in [-0.3, -0.25) is 4.79 Å². The molecule has 0 atom stereocenters. The lowest BCUT2D eigenvalue weighted by Crippen LogP contribution is -2.19. The molecule has 0 unspecified atom stereocenters. The van der Waals surface area contributed by atoms with Gasteiger partial charge in [0.1, 0.15) is 11.4 Å². The van der Waals surface area contributed by atoms with E-state index in [-0.39, 0.29) is 17.3 Å². The van der Waals surface area contributed by atoms with Crippen molar-refractivity contribution in [1.82, 2.24) is 30.7 Å². The highest BCUT2D eigenvalue weighted by Crippen LogP contribution is 2.28. The number of ether oxygens (including phenoxy) is 1. The number of carbonyl (C=O) groups excluding carboxylic acids is 1.